The summed E-state index contributed by atoms with van der Waals surface area (Å²) < 4.78 is 6.21. The highest BCUT2D eigenvalue weighted by Crippen LogP contribution is 2.36. The molecule has 0 fully saturated rings. The average Bonchev–Trinajstić information content (AvgIpc) is 2.63. The molecule has 0 aliphatic heterocycles. The fourth-order valence-electron chi connectivity index (χ4n) is 1.54. The lowest BCUT2D eigenvalue weighted by Crippen LogP contribution is -1.92. The summed E-state index contributed by atoms with van der Waals surface area (Å²) in [6.45, 7) is 1.93. The summed E-state index contributed by atoms with van der Waals surface area (Å²) in [6, 6.07) is 3.75. The number of ether oxygens (including phenoxy) is 1. The number of H-pyrrole nitrogens is 1. The summed E-state index contributed by atoms with van der Waals surface area (Å²) >= 11 is 8.27. The Labute approximate surface area is 118 Å². The van der Waals surface area contributed by atoms with Crippen LogP contribution >= 0.6 is 34.2 Å². The summed E-state index contributed by atoms with van der Waals surface area (Å²) in [6.07, 6.45) is 0. The molecule has 0 radical (unpaired) electrons. The zero-order valence-corrected chi connectivity index (χ0v) is 12.3. The number of benzene rings is 1. The van der Waals surface area contributed by atoms with Crippen molar-refractivity contribution in [1.82, 2.24) is 10.2 Å². The van der Waals surface area contributed by atoms with Gasteiger partial charge in [-0.05, 0) is 47.2 Å². The Bertz CT molecular complexity index is 568. The van der Waals surface area contributed by atoms with E-state index in [0.29, 0.717) is 10.8 Å². The van der Waals surface area contributed by atoms with E-state index < -0.39 is 0 Å². The van der Waals surface area contributed by atoms with Crippen LogP contribution in [0.25, 0.3) is 11.3 Å². The number of nitrogens with zero attached hydrogens (tertiary/aromatic N) is 1. The second-order valence-electron chi connectivity index (χ2n) is 3.60. The van der Waals surface area contributed by atoms with Crippen LogP contribution in [0.2, 0.25) is 5.02 Å². The largest absolute Gasteiger partial charge is 0.496 e. The highest BCUT2D eigenvalue weighted by atomic mass is 127. The minimum absolute atomic E-state index is 0.472. The first-order valence-electron chi connectivity index (χ1n) is 4.88. The lowest BCUT2D eigenvalue weighted by molar-refractivity contribution is 0.416. The zero-order chi connectivity index (χ0) is 12.6. The fourth-order valence-corrected chi connectivity index (χ4v) is 2.24. The number of hydrogen-bond donors (Lipinski definition) is 2. The van der Waals surface area contributed by atoms with Crippen LogP contribution in [0.1, 0.15) is 5.56 Å². The van der Waals surface area contributed by atoms with Crippen LogP contribution in [-0.4, -0.2) is 17.3 Å². The molecule has 6 heteroatoms. The highest BCUT2D eigenvalue weighted by molar-refractivity contribution is 14.1. The number of nitrogens with two attached hydrogens (primary N) is 1. The topological polar surface area (TPSA) is 63.9 Å². The SMILES string of the molecule is COc1cc(C)c(Cl)cc1-c1[nH]nc(N)c1I. The summed E-state index contributed by atoms with van der Waals surface area (Å²) in [4.78, 5) is 0. The molecule has 90 valence electrons. The number of nitrogen functional groups attached to an aromatic ring is 1. The number of aryl methyl sites for hydroxylation is 1. The second-order valence-corrected chi connectivity index (χ2v) is 5.09. The maximum atomic E-state index is 6.13. The van der Waals surface area contributed by atoms with E-state index in [1.54, 1.807) is 7.11 Å². The molecule has 0 aliphatic carbocycles. The molecule has 1 heterocycles. The highest BCUT2D eigenvalue weighted by Gasteiger charge is 2.15. The van der Waals surface area contributed by atoms with Gasteiger partial charge in [-0.3, -0.25) is 5.10 Å². The lowest BCUT2D eigenvalue weighted by Gasteiger charge is -2.10. The Hall–Kier alpha value is -0.950. The van der Waals surface area contributed by atoms with Crippen LogP contribution in [0.5, 0.6) is 5.75 Å². The molecule has 0 atom stereocenters. The van der Waals surface area contributed by atoms with E-state index in [2.05, 4.69) is 32.8 Å². The first-order valence-corrected chi connectivity index (χ1v) is 6.34. The first kappa shape index (κ1) is 12.5. The number of halogens is 2. The maximum Gasteiger partial charge on any atom is 0.159 e. The Morgan fingerprint density at radius 1 is 1.47 bits per heavy atom. The molecule has 17 heavy (non-hydrogen) atoms. The Kier molecular flexibility index (Phi) is 3.48. The Morgan fingerprint density at radius 3 is 2.71 bits per heavy atom. The third kappa shape index (κ3) is 2.21. The van der Waals surface area contributed by atoms with Gasteiger partial charge in [-0.1, -0.05) is 11.6 Å². The predicted octanol–water partition coefficient (Wildman–Crippen LogP) is 3.23. The second kappa shape index (κ2) is 4.73. The van der Waals surface area contributed by atoms with Gasteiger partial charge in [0.2, 0.25) is 0 Å². The van der Waals surface area contributed by atoms with Gasteiger partial charge in [-0.2, -0.15) is 5.10 Å². The summed E-state index contributed by atoms with van der Waals surface area (Å²) in [5.74, 6) is 1.22. The molecule has 3 N–H and O–H groups in total. The van der Waals surface area contributed by atoms with Crippen LogP contribution in [0, 0.1) is 10.5 Å². The molecular weight excluding hydrogens is 352 g/mol. The van der Waals surface area contributed by atoms with Crippen molar-refractivity contribution in [1.29, 1.82) is 0 Å². The number of aromatic nitrogens is 2. The summed E-state index contributed by atoms with van der Waals surface area (Å²) in [5, 5.41) is 7.54. The van der Waals surface area contributed by atoms with Crippen molar-refractivity contribution in [2.45, 2.75) is 6.92 Å². The number of hydrogen-bond acceptors (Lipinski definition) is 3. The quantitative estimate of drug-likeness (QED) is 0.805. The van der Waals surface area contributed by atoms with Gasteiger partial charge in [0.15, 0.2) is 5.82 Å². The van der Waals surface area contributed by atoms with Gasteiger partial charge in [0, 0.05) is 10.6 Å². The van der Waals surface area contributed by atoms with Gasteiger partial charge in [-0.15, -0.1) is 0 Å². The maximum absolute atomic E-state index is 6.13. The molecule has 0 amide bonds. The Balaban J connectivity index is 2.66. The van der Waals surface area contributed by atoms with Crippen molar-refractivity contribution in [3.05, 3.63) is 26.3 Å². The molecule has 1 aromatic carbocycles. The van der Waals surface area contributed by atoms with Crippen molar-refractivity contribution in [3.8, 4) is 17.0 Å². The van der Waals surface area contributed by atoms with Gasteiger partial charge < -0.3 is 10.5 Å². The molecule has 0 bridgehead atoms. The van der Waals surface area contributed by atoms with E-state index in [9.17, 15) is 0 Å². The molecule has 2 aromatic rings. The summed E-state index contributed by atoms with van der Waals surface area (Å²) in [7, 11) is 1.62. The first-order chi connectivity index (χ1) is 8.04. The van der Waals surface area contributed by atoms with Crippen LogP contribution in [0.4, 0.5) is 5.82 Å². The molecule has 0 saturated heterocycles. The van der Waals surface area contributed by atoms with Crippen molar-refractivity contribution >= 4 is 40.0 Å². The van der Waals surface area contributed by atoms with Gasteiger partial charge in [0.1, 0.15) is 5.75 Å². The van der Waals surface area contributed by atoms with E-state index >= 15 is 0 Å². The van der Waals surface area contributed by atoms with E-state index in [0.717, 1.165) is 26.1 Å². The van der Waals surface area contributed by atoms with Crippen LogP contribution < -0.4 is 10.5 Å². The average molecular weight is 364 g/mol. The lowest BCUT2D eigenvalue weighted by atomic mass is 10.1. The van der Waals surface area contributed by atoms with Crippen molar-refractivity contribution in [2.75, 3.05) is 12.8 Å². The van der Waals surface area contributed by atoms with E-state index in [4.69, 9.17) is 22.1 Å². The van der Waals surface area contributed by atoms with Gasteiger partial charge in [-0.25, -0.2) is 0 Å². The van der Waals surface area contributed by atoms with E-state index in [1.807, 2.05) is 19.1 Å². The summed E-state index contributed by atoms with van der Waals surface area (Å²) in [5.41, 5.74) is 8.36. The normalized spacial score (nSPS) is 10.6. The van der Waals surface area contributed by atoms with Crippen LogP contribution in [0.3, 0.4) is 0 Å². The fraction of sp³-hybridized carbons (Fsp3) is 0.182. The number of methoxy groups -OCH3 is 1. The molecule has 0 unspecified atom stereocenters. The van der Waals surface area contributed by atoms with E-state index in [-0.39, 0.29) is 0 Å². The third-order valence-corrected chi connectivity index (χ3v) is 3.98. The zero-order valence-electron chi connectivity index (χ0n) is 9.34. The number of aromatic amines is 1. The molecule has 0 spiro atoms. The monoisotopic (exact) mass is 363 g/mol. The van der Waals surface area contributed by atoms with E-state index in [1.165, 1.54) is 0 Å². The third-order valence-electron chi connectivity index (χ3n) is 2.48. The Morgan fingerprint density at radius 2 is 2.18 bits per heavy atom. The molecular formula is C11H11ClIN3O. The minimum Gasteiger partial charge on any atom is -0.496 e. The number of anilines is 1. The standard InChI is InChI=1S/C11H11ClIN3O/c1-5-3-8(17-2)6(4-7(5)12)10-9(13)11(14)16-15-10/h3-4H,1-2H3,(H3,14,15,16). The smallest absolute Gasteiger partial charge is 0.159 e. The van der Waals surface area contributed by atoms with Crippen molar-refractivity contribution < 1.29 is 4.74 Å². The number of nitrogens with one attached hydrogen (secondary N) is 1. The molecule has 1 aromatic heterocycles. The van der Waals surface area contributed by atoms with Crippen molar-refractivity contribution in [3.63, 3.8) is 0 Å². The van der Waals surface area contributed by atoms with Crippen LogP contribution in [-0.2, 0) is 0 Å². The minimum atomic E-state index is 0.472. The number of rotatable bonds is 2. The van der Waals surface area contributed by atoms with Crippen LogP contribution in [0.15, 0.2) is 12.1 Å². The van der Waals surface area contributed by atoms with Crippen molar-refractivity contribution in [2.24, 2.45) is 0 Å². The van der Waals surface area contributed by atoms with Gasteiger partial charge in [0.05, 0.1) is 16.4 Å². The molecule has 4 nitrogen and oxygen atoms in total. The van der Waals surface area contributed by atoms with Gasteiger partial charge >= 0.3 is 0 Å². The van der Waals surface area contributed by atoms with Gasteiger partial charge in [0.25, 0.3) is 0 Å². The predicted molar refractivity (Wildman–Crippen MR) is 77.5 cm³/mol. The molecule has 0 saturated carbocycles. The molecule has 0 aliphatic rings. The molecule has 2 rings (SSSR count).